The molecule has 3 aromatic rings. The van der Waals surface area contributed by atoms with Gasteiger partial charge in [-0.3, -0.25) is 0 Å². The van der Waals surface area contributed by atoms with Gasteiger partial charge in [0.25, 0.3) is 0 Å². The number of rotatable bonds is 4. The summed E-state index contributed by atoms with van der Waals surface area (Å²) in [7, 11) is 0. The molecule has 0 fully saturated rings. The zero-order valence-electron chi connectivity index (χ0n) is 12.6. The van der Waals surface area contributed by atoms with Gasteiger partial charge in [-0.1, -0.05) is 30.3 Å². The molecule has 0 aliphatic heterocycles. The molecule has 3 heteroatoms. The third-order valence-corrected chi connectivity index (χ3v) is 4.08. The van der Waals surface area contributed by atoms with E-state index >= 15 is 0 Å². The summed E-state index contributed by atoms with van der Waals surface area (Å²) in [5, 5.41) is 0. The largest absolute Gasteiger partial charge is 0.369 e. The number of nitrogens with zero attached hydrogens (tertiary/aromatic N) is 2. The number of benzene rings is 2. The molecule has 108 valence electrons. The van der Waals surface area contributed by atoms with Crippen LogP contribution in [0.5, 0.6) is 0 Å². The number of fused-ring (bicyclic) bond motifs is 1. The van der Waals surface area contributed by atoms with Crippen molar-refractivity contribution in [2.75, 3.05) is 5.73 Å². The second-order valence-electron chi connectivity index (χ2n) is 5.64. The predicted molar refractivity (Wildman–Crippen MR) is 88.4 cm³/mol. The lowest BCUT2D eigenvalue weighted by Gasteiger charge is -2.08. The van der Waals surface area contributed by atoms with Crippen LogP contribution in [-0.2, 0) is 13.0 Å². The summed E-state index contributed by atoms with van der Waals surface area (Å²) in [5.74, 6) is 0.614. The molecule has 0 spiro atoms. The fourth-order valence-corrected chi connectivity index (χ4v) is 2.72. The van der Waals surface area contributed by atoms with Gasteiger partial charge in [0.05, 0.1) is 11.0 Å². The first-order valence-corrected chi connectivity index (χ1v) is 7.42. The van der Waals surface area contributed by atoms with Crippen LogP contribution in [0, 0.1) is 13.8 Å². The third-order valence-electron chi connectivity index (χ3n) is 4.08. The molecule has 21 heavy (non-hydrogen) atoms. The van der Waals surface area contributed by atoms with Crippen molar-refractivity contribution in [3.63, 3.8) is 0 Å². The standard InChI is InChI=1S/C18H21N3/c1-13-11-16-17(12-14(13)2)21(18(19)20-16)10-6-9-15-7-4-3-5-8-15/h3-5,7-8,11-12H,6,9-10H2,1-2H3,(H2,19,20). The van der Waals surface area contributed by atoms with Crippen molar-refractivity contribution >= 4 is 17.0 Å². The van der Waals surface area contributed by atoms with Gasteiger partial charge >= 0.3 is 0 Å². The van der Waals surface area contributed by atoms with Crippen LogP contribution >= 0.6 is 0 Å². The molecular formula is C18H21N3. The van der Waals surface area contributed by atoms with Gasteiger partial charge in [0.2, 0.25) is 5.95 Å². The van der Waals surface area contributed by atoms with E-state index in [1.807, 2.05) is 0 Å². The molecule has 0 bridgehead atoms. The lowest BCUT2D eigenvalue weighted by Crippen LogP contribution is -2.04. The summed E-state index contributed by atoms with van der Waals surface area (Å²) in [6.45, 7) is 5.14. The normalized spacial score (nSPS) is 11.1. The van der Waals surface area contributed by atoms with Crippen molar-refractivity contribution in [3.05, 3.63) is 59.2 Å². The molecule has 2 N–H and O–H groups in total. The van der Waals surface area contributed by atoms with E-state index in [2.05, 4.69) is 65.9 Å². The van der Waals surface area contributed by atoms with E-state index in [-0.39, 0.29) is 0 Å². The summed E-state index contributed by atoms with van der Waals surface area (Å²) in [6, 6.07) is 14.9. The molecule has 3 rings (SSSR count). The maximum Gasteiger partial charge on any atom is 0.201 e. The Hall–Kier alpha value is -2.29. The first-order chi connectivity index (χ1) is 10.1. The number of nitrogen functional groups attached to an aromatic ring is 1. The molecule has 1 aromatic heterocycles. The summed E-state index contributed by atoms with van der Waals surface area (Å²) < 4.78 is 2.13. The Balaban J connectivity index is 1.80. The maximum absolute atomic E-state index is 6.08. The Bertz CT molecular complexity index is 757. The van der Waals surface area contributed by atoms with Gasteiger partial charge in [0, 0.05) is 6.54 Å². The van der Waals surface area contributed by atoms with Crippen molar-refractivity contribution in [2.45, 2.75) is 33.2 Å². The van der Waals surface area contributed by atoms with Crippen LogP contribution in [-0.4, -0.2) is 9.55 Å². The predicted octanol–water partition coefficient (Wildman–Crippen LogP) is 3.87. The van der Waals surface area contributed by atoms with Crippen LogP contribution in [0.1, 0.15) is 23.1 Å². The molecule has 0 atom stereocenters. The molecular weight excluding hydrogens is 258 g/mol. The molecule has 0 saturated carbocycles. The van der Waals surface area contributed by atoms with Gasteiger partial charge in [-0.05, 0) is 55.5 Å². The highest BCUT2D eigenvalue weighted by molar-refractivity contribution is 5.80. The Labute approximate surface area is 125 Å². The number of imidazole rings is 1. The Morgan fingerprint density at radius 3 is 2.52 bits per heavy atom. The van der Waals surface area contributed by atoms with Crippen LogP contribution in [0.4, 0.5) is 5.95 Å². The van der Waals surface area contributed by atoms with E-state index in [0.29, 0.717) is 5.95 Å². The van der Waals surface area contributed by atoms with Crippen molar-refractivity contribution in [1.29, 1.82) is 0 Å². The van der Waals surface area contributed by atoms with E-state index in [4.69, 9.17) is 5.73 Å². The van der Waals surface area contributed by atoms with Crippen molar-refractivity contribution in [2.24, 2.45) is 0 Å². The molecule has 0 radical (unpaired) electrons. The number of hydrogen-bond acceptors (Lipinski definition) is 2. The highest BCUT2D eigenvalue weighted by Gasteiger charge is 2.09. The quantitative estimate of drug-likeness (QED) is 0.788. The van der Waals surface area contributed by atoms with Crippen LogP contribution in [0.3, 0.4) is 0 Å². The van der Waals surface area contributed by atoms with Gasteiger partial charge in [0.15, 0.2) is 0 Å². The summed E-state index contributed by atoms with van der Waals surface area (Å²) in [6.07, 6.45) is 2.12. The smallest absolute Gasteiger partial charge is 0.201 e. The van der Waals surface area contributed by atoms with Crippen molar-refractivity contribution in [3.8, 4) is 0 Å². The zero-order valence-corrected chi connectivity index (χ0v) is 12.6. The van der Waals surface area contributed by atoms with Crippen LogP contribution in [0.2, 0.25) is 0 Å². The third kappa shape index (κ3) is 2.77. The average Bonchev–Trinajstić information content (AvgIpc) is 2.76. The average molecular weight is 279 g/mol. The molecule has 3 nitrogen and oxygen atoms in total. The molecule has 2 aromatic carbocycles. The molecule has 0 saturated heterocycles. The van der Waals surface area contributed by atoms with Gasteiger partial charge < -0.3 is 10.3 Å². The second kappa shape index (κ2) is 5.60. The molecule has 0 aliphatic carbocycles. The maximum atomic E-state index is 6.08. The molecule has 0 amide bonds. The fraction of sp³-hybridized carbons (Fsp3) is 0.278. The molecule has 0 aliphatic rings. The van der Waals surface area contributed by atoms with Crippen molar-refractivity contribution < 1.29 is 0 Å². The highest BCUT2D eigenvalue weighted by Crippen LogP contribution is 2.22. The number of aromatic nitrogens is 2. The Kier molecular flexibility index (Phi) is 3.65. The minimum Gasteiger partial charge on any atom is -0.369 e. The monoisotopic (exact) mass is 279 g/mol. The minimum atomic E-state index is 0.614. The van der Waals surface area contributed by atoms with Gasteiger partial charge in [0.1, 0.15) is 0 Å². The van der Waals surface area contributed by atoms with Crippen LogP contribution in [0.25, 0.3) is 11.0 Å². The minimum absolute atomic E-state index is 0.614. The van der Waals surface area contributed by atoms with E-state index in [1.54, 1.807) is 0 Å². The lowest BCUT2D eigenvalue weighted by molar-refractivity contribution is 0.665. The number of aryl methyl sites for hydroxylation is 4. The topological polar surface area (TPSA) is 43.8 Å². The summed E-state index contributed by atoms with van der Waals surface area (Å²) in [4.78, 5) is 4.48. The fourth-order valence-electron chi connectivity index (χ4n) is 2.72. The number of nitrogens with two attached hydrogens (primary N) is 1. The second-order valence-corrected chi connectivity index (χ2v) is 5.64. The van der Waals surface area contributed by atoms with Crippen LogP contribution < -0.4 is 5.73 Å². The Morgan fingerprint density at radius 1 is 1.05 bits per heavy atom. The van der Waals surface area contributed by atoms with E-state index < -0.39 is 0 Å². The van der Waals surface area contributed by atoms with E-state index in [0.717, 1.165) is 30.4 Å². The Morgan fingerprint density at radius 2 is 1.76 bits per heavy atom. The highest BCUT2D eigenvalue weighted by atomic mass is 15.1. The number of anilines is 1. The lowest BCUT2D eigenvalue weighted by atomic mass is 10.1. The van der Waals surface area contributed by atoms with Gasteiger partial charge in [-0.2, -0.15) is 0 Å². The SMILES string of the molecule is Cc1cc2nc(N)n(CCCc3ccccc3)c2cc1C. The van der Waals surface area contributed by atoms with Crippen molar-refractivity contribution in [1.82, 2.24) is 9.55 Å². The molecule has 1 heterocycles. The van der Waals surface area contributed by atoms with E-state index in [9.17, 15) is 0 Å². The molecule has 0 unspecified atom stereocenters. The zero-order chi connectivity index (χ0) is 14.8. The summed E-state index contributed by atoms with van der Waals surface area (Å²) in [5.41, 5.74) is 12.1. The summed E-state index contributed by atoms with van der Waals surface area (Å²) >= 11 is 0. The first kappa shape index (κ1) is 13.7. The first-order valence-electron chi connectivity index (χ1n) is 7.42. The van der Waals surface area contributed by atoms with Crippen LogP contribution in [0.15, 0.2) is 42.5 Å². The van der Waals surface area contributed by atoms with E-state index in [1.165, 1.54) is 16.7 Å². The number of hydrogen-bond donors (Lipinski definition) is 1. The van der Waals surface area contributed by atoms with Gasteiger partial charge in [-0.25, -0.2) is 4.98 Å². The van der Waals surface area contributed by atoms with Gasteiger partial charge in [-0.15, -0.1) is 0 Å².